The van der Waals surface area contributed by atoms with E-state index in [1.165, 1.54) is 97.7 Å². The van der Waals surface area contributed by atoms with E-state index in [-0.39, 0.29) is 5.41 Å². The summed E-state index contributed by atoms with van der Waals surface area (Å²) in [7, 11) is 0. The monoisotopic (exact) mass is 798 g/mol. The molecular weight excluding hydrogens is 757 g/mol. The second kappa shape index (κ2) is 13.7. The number of aromatic nitrogens is 1. The standard InChI is InChI=1S/C58H42N2S/c1-37-19-24-42(25-20-37)59(45-28-30-47-46-13-4-7-16-52(46)58(2,3)53(47)36-45)43-26-21-38(22-27-43)39-11-10-12-40(33-39)41-23-31-55-50(34-41)48-14-5-8-17-54(48)60(55)44-29-32-57-51(35-44)49-15-6-9-18-56(49)61-57/h4-36H,1-3H3. The number of thiophene rings is 1. The van der Waals surface area contributed by atoms with Crippen molar-refractivity contribution in [3.63, 3.8) is 0 Å². The SMILES string of the molecule is Cc1ccc(N(c2ccc(-c3cccc(-c4ccc5c(c4)c4ccccc4n5-c4ccc5sc6ccccc6c5c4)c3)cc2)c2ccc3c(c2)C(C)(C)c2ccccc2-3)cc1. The fourth-order valence-electron chi connectivity index (χ4n) is 9.94. The highest BCUT2D eigenvalue weighted by Gasteiger charge is 2.35. The molecule has 0 spiro atoms. The maximum atomic E-state index is 2.43. The fraction of sp³-hybridized carbons (Fsp3) is 0.0690. The van der Waals surface area contributed by atoms with Gasteiger partial charge in [0, 0.05) is 59.1 Å². The molecule has 3 heteroatoms. The molecule has 0 amide bonds. The van der Waals surface area contributed by atoms with Crippen LogP contribution >= 0.6 is 11.3 Å². The molecule has 0 radical (unpaired) electrons. The van der Waals surface area contributed by atoms with Gasteiger partial charge in [-0.05, 0) is 136 Å². The molecule has 0 fully saturated rings. The predicted molar refractivity (Wildman–Crippen MR) is 262 cm³/mol. The van der Waals surface area contributed by atoms with E-state index in [0.717, 1.165) is 17.1 Å². The first-order valence-corrected chi connectivity index (χ1v) is 22.0. The lowest BCUT2D eigenvalue weighted by Crippen LogP contribution is -2.16. The Kier molecular flexibility index (Phi) is 8.01. The van der Waals surface area contributed by atoms with E-state index < -0.39 is 0 Å². The zero-order valence-corrected chi connectivity index (χ0v) is 35.2. The van der Waals surface area contributed by atoms with Crippen LogP contribution < -0.4 is 4.90 Å². The smallest absolute Gasteiger partial charge is 0.0541 e. The first kappa shape index (κ1) is 35.7. The highest BCUT2D eigenvalue weighted by molar-refractivity contribution is 7.25. The first-order chi connectivity index (χ1) is 29.9. The summed E-state index contributed by atoms with van der Waals surface area (Å²) in [6.07, 6.45) is 0. The minimum Gasteiger partial charge on any atom is -0.310 e. The Hall–Kier alpha value is -7.20. The van der Waals surface area contributed by atoms with Crippen molar-refractivity contribution in [1.29, 1.82) is 0 Å². The minimum atomic E-state index is -0.0773. The van der Waals surface area contributed by atoms with Gasteiger partial charge in [-0.25, -0.2) is 0 Å². The normalized spacial score (nSPS) is 13.0. The summed E-state index contributed by atoms with van der Waals surface area (Å²) in [5.74, 6) is 0. The van der Waals surface area contributed by atoms with Crippen LogP contribution in [0, 0.1) is 6.92 Å². The summed E-state index contributed by atoms with van der Waals surface area (Å²) in [6, 6.07) is 74.3. The van der Waals surface area contributed by atoms with Crippen LogP contribution in [0.2, 0.25) is 0 Å². The van der Waals surface area contributed by atoms with Crippen molar-refractivity contribution in [3.05, 3.63) is 217 Å². The van der Waals surface area contributed by atoms with Crippen LogP contribution in [0.15, 0.2) is 200 Å². The second-order valence-electron chi connectivity index (χ2n) is 17.1. The zero-order valence-electron chi connectivity index (χ0n) is 34.4. The summed E-state index contributed by atoms with van der Waals surface area (Å²) in [4.78, 5) is 2.39. The van der Waals surface area contributed by atoms with E-state index in [1.807, 2.05) is 11.3 Å². The van der Waals surface area contributed by atoms with Gasteiger partial charge in [-0.15, -0.1) is 11.3 Å². The van der Waals surface area contributed by atoms with Gasteiger partial charge in [0.05, 0.1) is 11.0 Å². The van der Waals surface area contributed by atoms with Crippen LogP contribution in [-0.2, 0) is 5.41 Å². The highest BCUT2D eigenvalue weighted by Crippen LogP contribution is 2.51. The van der Waals surface area contributed by atoms with Crippen molar-refractivity contribution < 1.29 is 0 Å². The molecule has 1 aliphatic carbocycles. The van der Waals surface area contributed by atoms with Gasteiger partial charge in [-0.3, -0.25) is 0 Å². The van der Waals surface area contributed by atoms with Crippen molar-refractivity contribution in [3.8, 4) is 39.1 Å². The molecule has 12 rings (SSSR count). The zero-order chi connectivity index (χ0) is 40.8. The van der Waals surface area contributed by atoms with Crippen molar-refractivity contribution >= 4 is 70.4 Å². The van der Waals surface area contributed by atoms with E-state index in [9.17, 15) is 0 Å². The van der Waals surface area contributed by atoms with Gasteiger partial charge in [0.25, 0.3) is 0 Å². The molecule has 0 saturated carbocycles. The van der Waals surface area contributed by atoms with Crippen molar-refractivity contribution in [2.24, 2.45) is 0 Å². The van der Waals surface area contributed by atoms with Crippen molar-refractivity contribution in [1.82, 2.24) is 4.57 Å². The topological polar surface area (TPSA) is 8.17 Å². The third kappa shape index (κ3) is 5.69. The Labute approximate surface area is 360 Å². The van der Waals surface area contributed by atoms with E-state index in [4.69, 9.17) is 0 Å². The molecule has 0 unspecified atom stereocenters. The number of fused-ring (bicyclic) bond motifs is 9. The van der Waals surface area contributed by atoms with Crippen LogP contribution in [0.3, 0.4) is 0 Å². The lowest BCUT2D eigenvalue weighted by molar-refractivity contribution is 0.660. The molecule has 0 aliphatic heterocycles. The van der Waals surface area contributed by atoms with Gasteiger partial charge in [0.15, 0.2) is 0 Å². The maximum absolute atomic E-state index is 2.43. The predicted octanol–water partition coefficient (Wildman–Crippen LogP) is 16.6. The Morgan fingerprint density at radius 1 is 0.410 bits per heavy atom. The van der Waals surface area contributed by atoms with E-state index in [1.54, 1.807) is 0 Å². The van der Waals surface area contributed by atoms with Gasteiger partial charge in [-0.2, -0.15) is 0 Å². The van der Waals surface area contributed by atoms with E-state index >= 15 is 0 Å². The van der Waals surface area contributed by atoms with Crippen LogP contribution in [0.25, 0.3) is 81.0 Å². The molecule has 61 heavy (non-hydrogen) atoms. The molecule has 0 atom stereocenters. The first-order valence-electron chi connectivity index (χ1n) is 21.2. The average Bonchev–Trinajstić information content (AvgIpc) is 3.92. The molecule has 2 heterocycles. The quantitative estimate of drug-likeness (QED) is 0.163. The Morgan fingerprint density at radius 3 is 1.87 bits per heavy atom. The summed E-state index contributed by atoms with van der Waals surface area (Å²) in [6.45, 7) is 6.85. The lowest BCUT2D eigenvalue weighted by atomic mass is 9.82. The lowest BCUT2D eigenvalue weighted by Gasteiger charge is -2.28. The number of hydrogen-bond donors (Lipinski definition) is 0. The number of rotatable bonds is 6. The van der Waals surface area contributed by atoms with Gasteiger partial charge in [0.2, 0.25) is 0 Å². The van der Waals surface area contributed by atoms with E-state index in [2.05, 4.69) is 230 Å². The largest absolute Gasteiger partial charge is 0.310 e. The van der Waals surface area contributed by atoms with Crippen LogP contribution in [0.4, 0.5) is 17.1 Å². The Morgan fingerprint density at radius 2 is 1.03 bits per heavy atom. The molecule has 2 nitrogen and oxygen atoms in total. The number of para-hydroxylation sites is 1. The molecule has 0 saturated heterocycles. The Balaban J connectivity index is 0.905. The van der Waals surface area contributed by atoms with E-state index in [0.29, 0.717) is 0 Å². The van der Waals surface area contributed by atoms with Crippen molar-refractivity contribution in [2.45, 2.75) is 26.2 Å². The van der Waals surface area contributed by atoms with Gasteiger partial charge < -0.3 is 9.47 Å². The number of hydrogen-bond acceptors (Lipinski definition) is 2. The molecular formula is C58H42N2S. The minimum absolute atomic E-state index is 0.0773. The fourth-order valence-corrected chi connectivity index (χ4v) is 11.0. The average molecular weight is 799 g/mol. The molecule has 1 aliphatic rings. The summed E-state index contributed by atoms with van der Waals surface area (Å²) < 4.78 is 5.08. The molecule has 11 aromatic rings. The number of benzene rings is 9. The second-order valence-corrected chi connectivity index (χ2v) is 18.1. The summed E-state index contributed by atoms with van der Waals surface area (Å²) in [5.41, 5.74) is 18.5. The van der Waals surface area contributed by atoms with Crippen LogP contribution in [0.5, 0.6) is 0 Å². The number of aryl methyl sites for hydroxylation is 1. The molecule has 0 bridgehead atoms. The van der Waals surface area contributed by atoms with Crippen LogP contribution in [0.1, 0.15) is 30.5 Å². The third-order valence-electron chi connectivity index (χ3n) is 13.1. The highest BCUT2D eigenvalue weighted by atomic mass is 32.1. The van der Waals surface area contributed by atoms with Crippen LogP contribution in [-0.4, -0.2) is 4.57 Å². The Bertz CT molecular complexity index is 3510. The molecule has 9 aromatic carbocycles. The third-order valence-corrected chi connectivity index (χ3v) is 14.2. The van der Waals surface area contributed by atoms with Crippen molar-refractivity contribution in [2.75, 3.05) is 4.90 Å². The summed E-state index contributed by atoms with van der Waals surface area (Å²) in [5, 5.41) is 5.15. The number of nitrogens with zero attached hydrogens (tertiary/aromatic N) is 2. The van der Waals surface area contributed by atoms with Gasteiger partial charge in [-0.1, -0.05) is 135 Å². The van der Waals surface area contributed by atoms with Gasteiger partial charge in [0.1, 0.15) is 0 Å². The molecule has 2 aromatic heterocycles. The van der Waals surface area contributed by atoms with Gasteiger partial charge >= 0.3 is 0 Å². The molecule has 290 valence electrons. The molecule has 0 N–H and O–H groups in total. The maximum Gasteiger partial charge on any atom is 0.0541 e. The number of anilines is 3. The summed E-state index contributed by atoms with van der Waals surface area (Å²) >= 11 is 1.86.